The summed E-state index contributed by atoms with van der Waals surface area (Å²) in [7, 11) is 0. The van der Waals surface area contributed by atoms with E-state index in [1.165, 1.54) is 0 Å². The summed E-state index contributed by atoms with van der Waals surface area (Å²) in [6.45, 7) is 1.88. The van der Waals surface area contributed by atoms with Crippen molar-refractivity contribution < 1.29 is 10.2 Å². The summed E-state index contributed by atoms with van der Waals surface area (Å²) >= 11 is 0. The van der Waals surface area contributed by atoms with Crippen molar-refractivity contribution in [1.29, 1.82) is 0 Å². The molecule has 19 heavy (non-hydrogen) atoms. The molecule has 2 heteroatoms. The molecule has 2 rings (SSSR count). The van der Waals surface area contributed by atoms with E-state index in [0.717, 1.165) is 16.7 Å². The minimum Gasteiger partial charge on any atom is -0.395 e. The van der Waals surface area contributed by atoms with Gasteiger partial charge in [-0.2, -0.15) is 0 Å². The summed E-state index contributed by atoms with van der Waals surface area (Å²) in [6.07, 6.45) is 0.631. The fourth-order valence-electron chi connectivity index (χ4n) is 2.58. The van der Waals surface area contributed by atoms with Gasteiger partial charge in [0.15, 0.2) is 0 Å². The highest BCUT2D eigenvalue weighted by atomic mass is 16.3. The summed E-state index contributed by atoms with van der Waals surface area (Å²) in [4.78, 5) is 0. The number of aliphatic hydroxyl groups is 2. The van der Waals surface area contributed by atoms with Gasteiger partial charge in [0.1, 0.15) is 0 Å². The van der Waals surface area contributed by atoms with Gasteiger partial charge >= 0.3 is 0 Å². The molecule has 2 aromatic carbocycles. The van der Waals surface area contributed by atoms with E-state index in [4.69, 9.17) is 0 Å². The molecule has 0 amide bonds. The number of hydrogen-bond donors (Lipinski definition) is 2. The third-order valence-corrected chi connectivity index (χ3v) is 3.71. The van der Waals surface area contributed by atoms with Crippen LogP contribution in [0.3, 0.4) is 0 Å². The van der Waals surface area contributed by atoms with Crippen molar-refractivity contribution in [1.82, 2.24) is 0 Å². The summed E-state index contributed by atoms with van der Waals surface area (Å²) in [6, 6.07) is 17.9. The highest BCUT2D eigenvalue weighted by molar-refractivity contribution is 5.36. The maximum absolute atomic E-state index is 9.86. The highest BCUT2D eigenvalue weighted by Crippen LogP contribution is 2.30. The molecular weight excluding hydrogens is 236 g/mol. The Kier molecular flexibility index (Phi) is 4.35. The zero-order valence-corrected chi connectivity index (χ0v) is 11.2. The van der Waals surface area contributed by atoms with Gasteiger partial charge in [-0.15, -0.1) is 0 Å². The summed E-state index contributed by atoms with van der Waals surface area (Å²) < 4.78 is 0. The number of rotatable bonds is 5. The van der Waals surface area contributed by atoms with Gasteiger partial charge in [0.25, 0.3) is 0 Å². The van der Waals surface area contributed by atoms with Gasteiger partial charge in [0.05, 0.1) is 13.2 Å². The Morgan fingerprint density at radius 1 is 0.842 bits per heavy atom. The molecule has 2 aromatic rings. The van der Waals surface area contributed by atoms with Crippen molar-refractivity contribution in [3.8, 4) is 0 Å². The average Bonchev–Trinajstić information content (AvgIpc) is 2.47. The minimum absolute atomic E-state index is 0.0662. The fourth-order valence-corrected chi connectivity index (χ4v) is 2.58. The van der Waals surface area contributed by atoms with E-state index in [1.807, 2.05) is 61.5 Å². The van der Waals surface area contributed by atoms with Crippen LogP contribution in [0.4, 0.5) is 0 Å². The number of hydrogen-bond acceptors (Lipinski definition) is 2. The largest absolute Gasteiger partial charge is 0.395 e. The standard InChI is InChI=1S/C17H20O2/c1-14-7-5-6-10-16(14)17(12-18,13-19)11-15-8-3-2-4-9-15/h2-10,18-19H,11-13H2,1H3. The molecule has 0 fully saturated rings. The van der Waals surface area contributed by atoms with E-state index in [2.05, 4.69) is 0 Å². The Balaban J connectivity index is 2.41. The molecule has 0 aliphatic rings. The highest BCUT2D eigenvalue weighted by Gasteiger charge is 2.32. The van der Waals surface area contributed by atoms with E-state index >= 15 is 0 Å². The van der Waals surface area contributed by atoms with Crippen molar-refractivity contribution in [2.75, 3.05) is 13.2 Å². The van der Waals surface area contributed by atoms with Crippen LogP contribution >= 0.6 is 0 Å². The summed E-state index contributed by atoms with van der Waals surface area (Å²) in [5.74, 6) is 0. The fraction of sp³-hybridized carbons (Fsp3) is 0.294. The van der Waals surface area contributed by atoms with Crippen LogP contribution in [-0.4, -0.2) is 23.4 Å². The quantitative estimate of drug-likeness (QED) is 0.862. The molecule has 0 saturated heterocycles. The van der Waals surface area contributed by atoms with Crippen LogP contribution in [-0.2, 0) is 11.8 Å². The van der Waals surface area contributed by atoms with Crippen molar-refractivity contribution in [2.45, 2.75) is 18.8 Å². The lowest BCUT2D eigenvalue weighted by Gasteiger charge is -2.32. The molecule has 0 saturated carbocycles. The van der Waals surface area contributed by atoms with Crippen LogP contribution in [0, 0.1) is 6.92 Å². The summed E-state index contributed by atoms with van der Waals surface area (Å²) in [5.41, 5.74) is 2.62. The van der Waals surface area contributed by atoms with Crippen molar-refractivity contribution in [3.05, 3.63) is 71.3 Å². The number of aryl methyl sites for hydroxylation is 1. The first-order valence-electron chi connectivity index (χ1n) is 6.53. The van der Waals surface area contributed by atoms with Crippen LogP contribution in [0.1, 0.15) is 16.7 Å². The molecule has 100 valence electrons. The lowest BCUT2D eigenvalue weighted by molar-refractivity contribution is 0.116. The molecule has 0 heterocycles. The van der Waals surface area contributed by atoms with E-state index < -0.39 is 5.41 Å². The first kappa shape index (κ1) is 13.8. The third-order valence-electron chi connectivity index (χ3n) is 3.71. The predicted molar refractivity (Wildman–Crippen MR) is 77.2 cm³/mol. The molecule has 2 nitrogen and oxygen atoms in total. The van der Waals surface area contributed by atoms with Crippen molar-refractivity contribution in [3.63, 3.8) is 0 Å². The molecule has 0 spiro atoms. The lowest BCUT2D eigenvalue weighted by atomic mass is 9.75. The van der Waals surface area contributed by atoms with E-state index in [9.17, 15) is 10.2 Å². The lowest BCUT2D eigenvalue weighted by Crippen LogP contribution is -2.38. The van der Waals surface area contributed by atoms with E-state index in [1.54, 1.807) is 0 Å². The van der Waals surface area contributed by atoms with Crippen molar-refractivity contribution >= 4 is 0 Å². The maximum Gasteiger partial charge on any atom is 0.0553 e. The first-order chi connectivity index (χ1) is 9.22. The molecule has 0 radical (unpaired) electrons. The third kappa shape index (κ3) is 2.86. The van der Waals surface area contributed by atoms with E-state index in [-0.39, 0.29) is 13.2 Å². The molecule has 0 unspecified atom stereocenters. The Bertz CT molecular complexity index is 516. The number of benzene rings is 2. The molecule has 0 atom stereocenters. The normalized spacial score (nSPS) is 11.5. The monoisotopic (exact) mass is 256 g/mol. The molecule has 0 aromatic heterocycles. The number of aliphatic hydroxyl groups excluding tert-OH is 2. The molecule has 0 bridgehead atoms. The van der Waals surface area contributed by atoms with Gasteiger partial charge in [-0.25, -0.2) is 0 Å². The predicted octanol–water partition coefficient (Wildman–Crippen LogP) is 2.46. The molecule has 0 aliphatic heterocycles. The maximum atomic E-state index is 9.86. The Labute approximate surface area is 114 Å². The second-order valence-electron chi connectivity index (χ2n) is 5.07. The van der Waals surface area contributed by atoms with E-state index in [0.29, 0.717) is 6.42 Å². The van der Waals surface area contributed by atoms with Crippen LogP contribution < -0.4 is 0 Å². The van der Waals surface area contributed by atoms with Crippen molar-refractivity contribution in [2.24, 2.45) is 0 Å². The Morgan fingerprint density at radius 2 is 1.42 bits per heavy atom. The van der Waals surface area contributed by atoms with Gasteiger partial charge in [0.2, 0.25) is 0 Å². The SMILES string of the molecule is Cc1ccccc1C(CO)(CO)Cc1ccccc1. The second kappa shape index (κ2) is 6.00. The topological polar surface area (TPSA) is 40.5 Å². The van der Waals surface area contributed by atoms with Crippen LogP contribution in [0.25, 0.3) is 0 Å². The molecule has 0 aliphatic carbocycles. The smallest absolute Gasteiger partial charge is 0.0553 e. The van der Waals surface area contributed by atoms with Crippen LogP contribution in [0.15, 0.2) is 54.6 Å². The van der Waals surface area contributed by atoms with Gasteiger partial charge in [-0.1, -0.05) is 54.6 Å². The second-order valence-corrected chi connectivity index (χ2v) is 5.07. The molecular formula is C17H20O2. The van der Waals surface area contributed by atoms with Crippen LogP contribution in [0.5, 0.6) is 0 Å². The Morgan fingerprint density at radius 3 is 2.00 bits per heavy atom. The first-order valence-corrected chi connectivity index (χ1v) is 6.53. The van der Waals surface area contributed by atoms with Gasteiger partial charge in [-0.3, -0.25) is 0 Å². The van der Waals surface area contributed by atoms with Gasteiger partial charge in [-0.05, 0) is 30.0 Å². The Hall–Kier alpha value is -1.64. The van der Waals surface area contributed by atoms with Crippen LogP contribution in [0.2, 0.25) is 0 Å². The zero-order valence-electron chi connectivity index (χ0n) is 11.2. The zero-order chi connectivity index (χ0) is 13.7. The molecule has 2 N–H and O–H groups in total. The van der Waals surface area contributed by atoms with Gasteiger partial charge in [0, 0.05) is 5.41 Å². The average molecular weight is 256 g/mol. The van der Waals surface area contributed by atoms with Gasteiger partial charge < -0.3 is 10.2 Å². The summed E-state index contributed by atoms with van der Waals surface area (Å²) in [5, 5.41) is 19.7. The minimum atomic E-state index is -0.618.